The van der Waals surface area contributed by atoms with Crippen molar-refractivity contribution < 1.29 is 9.47 Å². The minimum Gasteiger partial charge on any atom is -0.488 e. The number of para-hydroxylation sites is 1. The number of ether oxygens (including phenoxy) is 2. The maximum absolute atomic E-state index is 5.88. The highest BCUT2D eigenvalue weighted by Gasteiger charge is 2.22. The summed E-state index contributed by atoms with van der Waals surface area (Å²) in [6, 6.07) is 8.28. The smallest absolute Gasteiger partial charge is 0.123 e. The summed E-state index contributed by atoms with van der Waals surface area (Å²) in [5.41, 5.74) is 4.75. The molecule has 4 nitrogen and oxygen atoms in total. The fourth-order valence-electron chi connectivity index (χ4n) is 2.32. The lowest BCUT2D eigenvalue weighted by molar-refractivity contribution is 0.00625. The van der Waals surface area contributed by atoms with Gasteiger partial charge in [-0.15, -0.1) is 0 Å². The highest BCUT2D eigenvalue weighted by molar-refractivity contribution is 5.37. The summed E-state index contributed by atoms with van der Waals surface area (Å²) in [6.45, 7) is 4.42. The Bertz CT molecular complexity index is 352. The molecule has 0 amide bonds. The maximum atomic E-state index is 5.88. The summed E-state index contributed by atoms with van der Waals surface area (Å²) >= 11 is 0. The highest BCUT2D eigenvalue weighted by atomic mass is 16.5. The Labute approximate surface area is 101 Å². The standard InChI is InChI=1S/C13H18N2O2/c1-2-4-13-11(3-1)9-12(17-13)10-14-15-5-7-16-8-6-15/h1-4,12,14H,5-10H2. The topological polar surface area (TPSA) is 33.7 Å². The van der Waals surface area contributed by atoms with Gasteiger partial charge < -0.3 is 9.47 Å². The molecule has 1 atom stereocenters. The number of hydrogen-bond acceptors (Lipinski definition) is 4. The van der Waals surface area contributed by atoms with Crippen molar-refractivity contribution in [2.45, 2.75) is 12.5 Å². The molecule has 92 valence electrons. The summed E-state index contributed by atoms with van der Waals surface area (Å²) in [4.78, 5) is 0. The molecule has 2 aliphatic rings. The Kier molecular flexibility index (Phi) is 3.27. The van der Waals surface area contributed by atoms with Gasteiger partial charge in [-0.3, -0.25) is 5.43 Å². The molecular formula is C13H18N2O2. The van der Waals surface area contributed by atoms with E-state index in [9.17, 15) is 0 Å². The maximum Gasteiger partial charge on any atom is 0.123 e. The van der Waals surface area contributed by atoms with Gasteiger partial charge in [0, 0.05) is 26.1 Å². The van der Waals surface area contributed by atoms with Gasteiger partial charge in [0.2, 0.25) is 0 Å². The molecule has 2 heterocycles. The van der Waals surface area contributed by atoms with E-state index < -0.39 is 0 Å². The molecule has 1 fully saturated rings. The molecule has 0 spiro atoms. The molecular weight excluding hydrogens is 216 g/mol. The molecule has 0 aliphatic carbocycles. The van der Waals surface area contributed by atoms with Crippen LogP contribution in [-0.4, -0.2) is 44.0 Å². The number of nitrogens with one attached hydrogen (secondary N) is 1. The zero-order valence-corrected chi connectivity index (χ0v) is 9.89. The lowest BCUT2D eigenvalue weighted by Crippen LogP contribution is -2.48. The summed E-state index contributed by atoms with van der Waals surface area (Å²) in [5.74, 6) is 1.04. The number of nitrogens with zero attached hydrogens (tertiary/aromatic N) is 1. The largest absolute Gasteiger partial charge is 0.488 e. The number of hydrazine groups is 1. The van der Waals surface area contributed by atoms with Crippen molar-refractivity contribution in [2.75, 3.05) is 32.8 Å². The van der Waals surface area contributed by atoms with Crippen LogP contribution in [0, 0.1) is 0 Å². The van der Waals surface area contributed by atoms with Gasteiger partial charge in [-0.1, -0.05) is 18.2 Å². The lowest BCUT2D eigenvalue weighted by atomic mass is 10.1. The summed E-state index contributed by atoms with van der Waals surface area (Å²) in [7, 11) is 0. The number of rotatable bonds is 3. The van der Waals surface area contributed by atoms with Crippen molar-refractivity contribution in [3.05, 3.63) is 29.8 Å². The van der Waals surface area contributed by atoms with Gasteiger partial charge in [0.05, 0.1) is 13.2 Å². The highest BCUT2D eigenvalue weighted by Crippen LogP contribution is 2.27. The molecule has 1 aromatic carbocycles. The number of benzene rings is 1. The molecule has 1 unspecified atom stereocenters. The van der Waals surface area contributed by atoms with Crippen LogP contribution in [0.4, 0.5) is 0 Å². The molecule has 0 saturated carbocycles. The first-order valence-electron chi connectivity index (χ1n) is 6.22. The molecule has 1 aromatic rings. The first kappa shape index (κ1) is 11.0. The van der Waals surface area contributed by atoms with Crippen LogP contribution in [-0.2, 0) is 11.2 Å². The van der Waals surface area contributed by atoms with Crippen LogP contribution in [0.1, 0.15) is 5.56 Å². The fraction of sp³-hybridized carbons (Fsp3) is 0.538. The van der Waals surface area contributed by atoms with Crippen LogP contribution in [0.3, 0.4) is 0 Å². The van der Waals surface area contributed by atoms with Gasteiger partial charge in [0.15, 0.2) is 0 Å². The average Bonchev–Trinajstić information content (AvgIpc) is 2.80. The molecule has 1 saturated heterocycles. The minimum atomic E-state index is 0.259. The fourth-order valence-corrected chi connectivity index (χ4v) is 2.32. The molecule has 4 heteroatoms. The van der Waals surface area contributed by atoms with E-state index in [0.717, 1.165) is 45.0 Å². The van der Waals surface area contributed by atoms with Gasteiger partial charge >= 0.3 is 0 Å². The second-order valence-corrected chi connectivity index (χ2v) is 4.51. The summed E-state index contributed by atoms with van der Waals surface area (Å²) < 4.78 is 11.2. The molecule has 17 heavy (non-hydrogen) atoms. The average molecular weight is 234 g/mol. The Morgan fingerprint density at radius 3 is 2.88 bits per heavy atom. The number of fused-ring (bicyclic) bond motifs is 1. The van der Waals surface area contributed by atoms with E-state index in [0.29, 0.717) is 0 Å². The van der Waals surface area contributed by atoms with Crippen LogP contribution >= 0.6 is 0 Å². The second-order valence-electron chi connectivity index (χ2n) is 4.51. The SMILES string of the molecule is c1ccc2c(c1)CC(CNN1CCOCC1)O2. The number of morpholine rings is 1. The van der Waals surface area contributed by atoms with E-state index in [2.05, 4.69) is 22.6 Å². The van der Waals surface area contributed by atoms with E-state index in [4.69, 9.17) is 9.47 Å². The van der Waals surface area contributed by atoms with Gasteiger partial charge in [0.25, 0.3) is 0 Å². The van der Waals surface area contributed by atoms with Gasteiger partial charge in [0.1, 0.15) is 11.9 Å². The van der Waals surface area contributed by atoms with Crippen LogP contribution in [0.25, 0.3) is 0 Å². The van der Waals surface area contributed by atoms with E-state index in [1.165, 1.54) is 5.56 Å². The van der Waals surface area contributed by atoms with Crippen molar-refractivity contribution in [1.82, 2.24) is 10.4 Å². The minimum absolute atomic E-state index is 0.259. The second kappa shape index (κ2) is 5.04. The number of hydrogen-bond donors (Lipinski definition) is 1. The monoisotopic (exact) mass is 234 g/mol. The Morgan fingerprint density at radius 2 is 2.06 bits per heavy atom. The van der Waals surface area contributed by atoms with E-state index in [1.807, 2.05) is 12.1 Å². The van der Waals surface area contributed by atoms with Gasteiger partial charge in [-0.25, -0.2) is 5.01 Å². The molecule has 0 bridgehead atoms. The summed E-state index contributed by atoms with van der Waals surface area (Å²) in [6.07, 6.45) is 1.27. The van der Waals surface area contributed by atoms with Gasteiger partial charge in [-0.05, 0) is 11.6 Å². The van der Waals surface area contributed by atoms with E-state index in [-0.39, 0.29) is 6.10 Å². The Hall–Kier alpha value is -1.10. The normalized spacial score (nSPS) is 24.4. The molecule has 0 aromatic heterocycles. The van der Waals surface area contributed by atoms with Crippen LogP contribution in [0.15, 0.2) is 24.3 Å². The third-order valence-corrected chi connectivity index (χ3v) is 3.27. The lowest BCUT2D eigenvalue weighted by Gasteiger charge is -2.28. The van der Waals surface area contributed by atoms with Crippen molar-refractivity contribution in [1.29, 1.82) is 0 Å². The van der Waals surface area contributed by atoms with Crippen molar-refractivity contribution in [2.24, 2.45) is 0 Å². The predicted molar refractivity (Wildman–Crippen MR) is 65.0 cm³/mol. The van der Waals surface area contributed by atoms with Crippen molar-refractivity contribution in [3.8, 4) is 5.75 Å². The third kappa shape index (κ3) is 2.60. The summed E-state index contributed by atoms with van der Waals surface area (Å²) in [5, 5.41) is 2.22. The van der Waals surface area contributed by atoms with Crippen LogP contribution < -0.4 is 10.2 Å². The molecule has 1 N–H and O–H groups in total. The first-order valence-corrected chi connectivity index (χ1v) is 6.22. The van der Waals surface area contributed by atoms with Crippen LogP contribution in [0.2, 0.25) is 0 Å². The zero-order valence-electron chi connectivity index (χ0n) is 9.89. The van der Waals surface area contributed by atoms with Gasteiger partial charge in [-0.2, -0.15) is 0 Å². The van der Waals surface area contributed by atoms with Crippen molar-refractivity contribution >= 4 is 0 Å². The first-order chi connectivity index (χ1) is 8.42. The Balaban J connectivity index is 1.48. The molecule has 2 aliphatic heterocycles. The predicted octanol–water partition coefficient (Wildman–Crippen LogP) is 0.827. The Morgan fingerprint density at radius 1 is 1.24 bits per heavy atom. The van der Waals surface area contributed by atoms with Crippen LogP contribution in [0.5, 0.6) is 5.75 Å². The zero-order chi connectivity index (χ0) is 11.5. The molecule has 0 radical (unpaired) electrons. The molecule has 3 rings (SSSR count). The van der Waals surface area contributed by atoms with E-state index >= 15 is 0 Å². The van der Waals surface area contributed by atoms with E-state index in [1.54, 1.807) is 0 Å². The quantitative estimate of drug-likeness (QED) is 0.840. The third-order valence-electron chi connectivity index (χ3n) is 3.27. The van der Waals surface area contributed by atoms with Crippen molar-refractivity contribution in [3.63, 3.8) is 0 Å².